The third kappa shape index (κ3) is 11.3. The number of carbonyl (C=O) groups is 1. The van der Waals surface area contributed by atoms with Crippen LogP contribution in [-0.4, -0.2) is 42.4 Å². The van der Waals surface area contributed by atoms with E-state index in [0.717, 1.165) is 47.9 Å². The van der Waals surface area contributed by atoms with Crippen LogP contribution in [0.2, 0.25) is 0 Å². The van der Waals surface area contributed by atoms with E-state index < -0.39 is 36.5 Å². The van der Waals surface area contributed by atoms with Crippen molar-refractivity contribution in [3.8, 4) is 0 Å². The van der Waals surface area contributed by atoms with Crippen LogP contribution in [0.15, 0.2) is 121 Å². The number of nitrogens with one attached hydrogen (secondary N) is 1. The molecule has 7 heteroatoms. The number of unbranched alkanes of at least 4 members (excludes halogenated alkanes) is 4. The fourth-order valence-electron chi connectivity index (χ4n) is 6.40. The number of hydrogen-bond donors (Lipinski definition) is 2. The molecule has 49 heavy (non-hydrogen) atoms. The first-order valence-electron chi connectivity index (χ1n) is 17.8. The Morgan fingerprint density at radius 2 is 0.898 bits per heavy atom. The highest BCUT2D eigenvalue weighted by Gasteiger charge is 2.53. The maximum Gasteiger partial charge on any atom is 0.220 e. The number of hydrogen-bond acceptors (Lipinski definition) is 6. The van der Waals surface area contributed by atoms with Crippen molar-refractivity contribution < 1.29 is 23.7 Å². The summed E-state index contributed by atoms with van der Waals surface area (Å²) in [6, 6.07) is 39.0. The standard InChI is InChI=1S/C42H52N2O5/c1-2-3-4-5-18-27-36(45)44-38-37(43)39(46-28-32-19-10-6-11-20-32)41(48-30-34-23-14-8-15-24-34)42(49-31-35-25-16-9-17-26-35)40(38)47-29-33-21-12-7-13-22-33/h6-17,19-26,37-42H,2-5,18,27-31,43H2,1H3,(H,44,45)/t37-,38+,39+,40+,41-,42-/m1/s1. The fraction of sp³-hybridized carbons (Fsp3) is 0.405. The van der Waals surface area contributed by atoms with Crippen molar-refractivity contribution in [3.63, 3.8) is 0 Å². The van der Waals surface area contributed by atoms with E-state index in [1.165, 1.54) is 6.42 Å². The Balaban J connectivity index is 1.47. The van der Waals surface area contributed by atoms with Crippen LogP contribution in [0.25, 0.3) is 0 Å². The maximum absolute atomic E-state index is 13.5. The predicted octanol–water partition coefficient (Wildman–Crippen LogP) is 7.51. The van der Waals surface area contributed by atoms with E-state index in [0.29, 0.717) is 32.8 Å². The van der Waals surface area contributed by atoms with Crippen LogP contribution in [0.5, 0.6) is 0 Å². The van der Waals surface area contributed by atoms with Gasteiger partial charge in [0.1, 0.15) is 24.4 Å². The molecule has 0 heterocycles. The van der Waals surface area contributed by atoms with Gasteiger partial charge in [-0.3, -0.25) is 4.79 Å². The van der Waals surface area contributed by atoms with Crippen LogP contribution in [0.4, 0.5) is 0 Å². The number of amides is 1. The van der Waals surface area contributed by atoms with Gasteiger partial charge in [0.05, 0.1) is 38.5 Å². The SMILES string of the molecule is CCCCCCCC(=O)N[C@H]1[C@@H](N)[C@H](OCc2ccccc2)[C@@H](OCc2ccccc2)[C@H](OCc2ccccc2)[C@H]1OCc1ccccc1. The lowest BCUT2D eigenvalue weighted by Gasteiger charge is -2.49. The normalized spacial score (nSPS) is 22.1. The van der Waals surface area contributed by atoms with Crippen LogP contribution in [0.3, 0.4) is 0 Å². The molecule has 0 radical (unpaired) electrons. The lowest BCUT2D eigenvalue weighted by molar-refractivity contribution is -0.226. The van der Waals surface area contributed by atoms with Crippen molar-refractivity contribution in [2.45, 2.75) is 108 Å². The van der Waals surface area contributed by atoms with E-state index in [-0.39, 0.29) is 5.91 Å². The van der Waals surface area contributed by atoms with Gasteiger partial charge in [-0.05, 0) is 28.7 Å². The van der Waals surface area contributed by atoms with Gasteiger partial charge in [-0.2, -0.15) is 0 Å². The van der Waals surface area contributed by atoms with Crippen molar-refractivity contribution in [2.75, 3.05) is 0 Å². The quantitative estimate of drug-likeness (QED) is 0.101. The molecule has 1 aliphatic rings. The first kappa shape index (κ1) is 36.4. The van der Waals surface area contributed by atoms with E-state index in [9.17, 15) is 4.79 Å². The Hall–Kier alpha value is -3.85. The molecule has 7 nitrogen and oxygen atoms in total. The monoisotopic (exact) mass is 664 g/mol. The van der Waals surface area contributed by atoms with Gasteiger partial charge in [-0.1, -0.05) is 154 Å². The Labute approximate surface area is 292 Å². The van der Waals surface area contributed by atoms with E-state index >= 15 is 0 Å². The second-order valence-electron chi connectivity index (χ2n) is 12.9. The van der Waals surface area contributed by atoms with Gasteiger partial charge < -0.3 is 30.0 Å². The summed E-state index contributed by atoms with van der Waals surface area (Å²) in [5, 5.41) is 3.29. The number of rotatable bonds is 19. The molecule has 1 fully saturated rings. The Morgan fingerprint density at radius 1 is 0.531 bits per heavy atom. The summed E-state index contributed by atoms with van der Waals surface area (Å²) in [6.45, 7) is 3.53. The smallest absolute Gasteiger partial charge is 0.220 e. The minimum absolute atomic E-state index is 0.0440. The summed E-state index contributed by atoms with van der Waals surface area (Å²) in [7, 11) is 0. The van der Waals surface area contributed by atoms with Crippen LogP contribution >= 0.6 is 0 Å². The summed E-state index contributed by atoms with van der Waals surface area (Å²) in [5.41, 5.74) is 11.3. The molecule has 1 aliphatic carbocycles. The van der Waals surface area contributed by atoms with Crippen molar-refractivity contribution in [2.24, 2.45) is 5.73 Å². The summed E-state index contributed by atoms with van der Waals surface area (Å²) in [4.78, 5) is 13.5. The fourth-order valence-corrected chi connectivity index (χ4v) is 6.40. The predicted molar refractivity (Wildman–Crippen MR) is 193 cm³/mol. The molecule has 0 saturated heterocycles. The van der Waals surface area contributed by atoms with Crippen LogP contribution in [0.1, 0.15) is 67.7 Å². The van der Waals surface area contributed by atoms with Crippen LogP contribution < -0.4 is 11.1 Å². The van der Waals surface area contributed by atoms with Gasteiger partial charge >= 0.3 is 0 Å². The largest absolute Gasteiger partial charge is 0.369 e. The second-order valence-corrected chi connectivity index (χ2v) is 12.9. The average Bonchev–Trinajstić information content (AvgIpc) is 3.15. The van der Waals surface area contributed by atoms with E-state index in [1.54, 1.807) is 0 Å². The molecule has 5 rings (SSSR count). The molecule has 1 amide bonds. The first-order valence-corrected chi connectivity index (χ1v) is 17.8. The van der Waals surface area contributed by atoms with E-state index in [4.69, 9.17) is 24.7 Å². The first-order chi connectivity index (χ1) is 24.1. The topological polar surface area (TPSA) is 92.0 Å². The number of benzene rings is 4. The maximum atomic E-state index is 13.5. The Bertz CT molecular complexity index is 1470. The average molecular weight is 665 g/mol. The lowest BCUT2D eigenvalue weighted by atomic mass is 9.80. The molecule has 1 saturated carbocycles. The zero-order valence-electron chi connectivity index (χ0n) is 28.7. The molecule has 0 aromatic heterocycles. The highest BCUT2D eigenvalue weighted by molar-refractivity contribution is 5.76. The van der Waals surface area contributed by atoms with Gasteiger partial charge in [-0.15, -0.1) is 0 Å². The summed E-state index contributed by atoms with van der Waals surface area (Å²) < 4.78 is 27.0. The third-order valence-electron chi connectivity index (χ3n) is 9.10. The number of nitrogens with two attached hydrogens (primary N) is 1. The molecular weight excluding hydrogens is 612 g/mol. The number of ether oxygens (including phenoxy) is 4. The van der Waals surface area contributed by atoms with Crippen molar-refractivity contribution in [1.29, 1.82) is 0 Å². The molecule has 0 bridgehead atoms. The van der Waals surface area contributed by atoms with Crippen LogP contribution in [0, 0.1) is 0 Å². The van der Waals surface area contributed by atoms with Crippen molar-refractivity contribution in [1.82, 2.24) is 5.32 Å². The molecule has 260 valence electrons. The Kier molecular flexibility index (Phi) is 14.9. The van der Waals surface area contributed by atoms with Gasteiger partial charge in [0.2, 0.25) is 5.91 Å². The molecule has 6 atom stereocenters. The highest BCUT2D eigenvalue weighted by Crippen LogP contribution is 2.32. The third-order valence-corrected chi connectivity index (χ3v) is 9.10. The molecule has 3 N–H and O–H groups in total. The molecule has 0 unspecified atom stereocenters. The second kappa shape index (κ2) is 20.0. The summed E-state index contributed by atoms with van der Waals surface area (Å²) in [5.74, 6) is -0.0440. The molecule has 0 aliphatic heterocycles. The summed E-state index contributed by atoms with van der Waals surface area (Å²) >= 11 is 0. The minimum Gasteiger partial charge on any atom is -0.369 e. The van der Waals surface area contributed by atoms with Crippen molar-refractivity contribution in [3.05, 3.63) is 144 Å². The molecule has 0 spiro atoms. The Morgan fingerprint density at radius 3 is 1.33 bits per heavy atom. The van der Waals surface area contributed by atoms with Crippen molar-refractivity contribution >= 4 is 5.91 Å². The molecule has 4 aromatic rings. The number of carbonyl (C=O) groups excluding carboxylic acids is 1. The van der Waals surface area contributed by atoms with E-state index in [2.05, 4.69) is 12.2 Å². The van der Waals surface area contributed by atoms with Gasteiger partial charge in [-0.25, -0.2) is 0 Å². The molecule has 4 aromatic carbocycles. The van der Waals surface area contributed by atoms with Gasteiger partial charge in [0.25, 0.3) is 0 Å². The zero-order chi connectivity index (χ0) is 34.1. The van der Waals surface area contributed by atoms with Gasteiger partial charge in [0.15, 0.2) is 0 Å². The molecular formula is C42H52N2O5. The van der Waals surface area contributed by atoms with Gasteiger partial charge in [0, 0.05) is 6.42 Å². The van der Waals surface area contributed by atoms with Crippen LogP contribution in [-0.2, 0) is 50.2 Å². The highest BCUT2D eigenvalue weighted by atomic mass is 16.6. The zero-order valence-corrected chi connectivity index (χ0v) is 28.7. The summed E-state index contributed by atoms with van der Waals surface area (Å²) in [6.07, 6.45) is 3.32. The van der Waals surface area contributed by atoms with E-state index in [1.807, 2.05) is 121 Å². The minimum atomic E-state index is -0.633. The lowest BCUT2D eigenvalue weighted by Crippen LogP contribution is -2.72.